The highest BCUT2D eigenvalue weighted by atomic mass is 19.4. The van der Waals surface area contributed by atoms with Crippen molar-refractivity contribution in [2.75, 3.05) is 0 Å². The van der Waals surface area contributed by atoms with Crippen molar-refractivity contribution in [2.24, 2.45) is 5.73 Å². The van der Waals surface area contributed by atoms with Gasteiger partial charge in [0, 0.05) is 5.56 Å². The van der Waals surface area contributed by atoms with Crippen molar-refractivity contribution < 1.29 is 18.3 Å². The molecule has 0 bridgehead atoms. The van der Waals surface area contributed by atoms with E-state index in [-0.39, 0.29) is 5.56 Å². The van der Waals surface area contributed by atoms with E-state index in [2.05, 4.69) is 0 Å². The molecule has 0 aliphatic carbocycles. The number of hydrogen-bond donors (Lipinski definition) is 2. The van der Waals surface area contributed by atoms with E-state index >= 15 is 0 Å². The predicted octanol–water partition coefficient (Wildman–Crippen LogP) is 1.95. The molecule has 1 atom stereocenters. The lowest BCUT2D eigenvalue weighted by atomic mass is 10.1. The maximum atomic E-state index is 12.1. The molecule has 5 heteroatoms. The Hall–Kier alpha value is -1.23. The van der Waals surface area contributed by atoms with Gasteiger partial charge in [-0.05, 0) is 6.07 Å². The molecule has 0 aliphatic rings. The number of para-hydroxylation sites is 1. The molecule has 1 aromatic rings. The maximum absolute atomic E-state index is 12.1. The van der Waals surface area contributed by atoms with Crippen LogP contribution < -0.4 is 5.73 Å². The Kier molecular flexibility index (Phi) is 2.47. The van der Waals surface area contributed by atoms with Crippen LogP contribution >= 0.6 is 0 Å². The van der Waals surface area contributed by atoms with Gasteiger partial charge in [0.05, 0.1) is 0 Å². The zero-order valence-electron chi connectivity index (χ0n) is 6.55. The zero-order chi connectivity index (χ0) is 10.1. The fourth-order valence-corrected chi connectivity index (χ4v) is 0.927. The second-order valence-corrected chi connectivity index (χ2v) is 2.58. The van der Waals surface area contributed by atoms with Crippen molar-refractivity contribution in [1.82, 2.24) is 0 Å². The van der Waals surface area contributed by atoms with Gasteiger partial charge in [0.1, 0.15) is 11.8 Å². The number of benzene rings is 1. The normalized spacial score (nSPS) is 14.2. The summed E-state index contributed by atoms with van der Waals surface area (Å²) in [6.07, 6.45) is -4.53. The van der Waals surface area contributed by atoms with Crippen LogP contribution in [0.5, 0.6) is 5.75 Å². The lowest BCUT2D eigenvalue weighted by Gasteiger charge is -2.16. The van der Waals surface area contributed by atoms with Gasteiger partial charge in [0.15, 0.2) is 0 Å². The number of rotatable bonds is 1. The molecular weight excluding hydrogens is 183 g/mol. The molecule has 0 amide bonds. The summed E-state index contributed by atoms with van der Waals surface area (Å²) < 4.78 is 36.2. The average Bonchev–Trinajstić information content (AvgIpc) is 2.02. The molecule has 0 aromatic heterocycles. The maximum Gasteiger partial charge on any atom is 0.407 e. The molecule has 0 radical (unpaired) electrons. The third-order valence-corrected chi connectivity index (χ3v) is 1.62. The summed E-state index contributed by atoms with van der Waals surface area (Å²) in [4.78, 5) is 0. The number of phenolic OH excluding ortho intramolecular Hbond substituents is 1. The lowest BCUT2D eigenvalue weighted by molar-refractivity contribution is -0.149. The van der Waals surface area contributed by atoms with Gasteiger partial charge < -0.3 is 10.8 Å². The Labute approximate surface area is 72.8 Å². The van der Waals surface area contributed by atoms with E-state index in [9.17, 15) is 13.2 Å². The molecule has 2 nitrogen and oxygen atoms in total. The summed E-state index contributed by atoms with van der Waals surface area (Å²) in [7, 11) is 0. The van der Waals surface area contributed by atoms with E-state index in [1.54, 1.807) is 0 Å². The van der Waals surface area contributed by atoms with E-state index in [0.29, 0.717) is 0 Å². The van der Waals surface area contributed by atoms with Gasteiger partial charge in [-0.3, -0.25) is 0 Å². The number of alkyl halides is 3. The fourth-order valence-electron chi connectivity index (χ4n) is 0.927. The van der Waals surface area contributed by atoms with Crippen LogP contribution in [0.25, 0.3) is 0 Å². The van der Waals surface area contributed by atoms with E-state index in [0.717, 1.165) is 6.07 Å². The highest BCUT2D eigenvalue weighted by Gasteiger charge is 2.38. The summed E-state index contributed by atoms with van der Waals surface area (Å²) in [6.45, 7) is 0. The van der Waals surface area contributed by atoms with Crippen LogP contribution in [0.15, 0.2) is 24.3 Å². The number of aromatic hydroxyl groups is 1. The van der Waals surface area contributed by atoms with Crippen LogP contribution in [0.4, 0.5) is 13.2 Å². The van der Waals surface area contributed by atoms with Crippen LogP contribution in [0.1, 0.15) is 11.6 Å². The standard InChI is InChI=1S/C8H8F3NO/c9-8(10,11)7(12)5-3-1-2-4-6(5)13/h1-4,7,13H,12H2/t7-/m0/s1. The Morgan fingerprint density at radius 2 is 1.77 bits per heavy atom. The molecule has 0 fully saturated rings. The molecule has 0 unspecified atom stereocenters. The molecule has 3 N–H and O–H groups in total. The molecule has 0 heterocycles. The first-order valence-electron chi connectivity index (χ1n) is 3.53. The number of halogens is 3. The van der Waals surface area contributed by atoms with Gasteiger partial charge in [-0.2, -0.15) is 13.2 Å². The van der Waals surface area contributed by atoms with Gasteiger partial charge in [0.2, 0.25) is 0 Å². The topological polar surface area (TPSA) is 46.2 Å². The highest BCUT2D eigenvalue weighted by molar-refractivity contribution is 5.34. The van der Waals surface area contributed by atoms with Crippen LogP contribution in [0.3, 0.4) is 0 Å². The van der Waals surface area contributed by atoms with Crippen LogP contribution in [0, 0.1) is 0 Å². The summed E-state index contributed by atoms with van der Waals surface area (Å²) in [5.74, 6) is -0.438. The zero-order valence-corrected chi connectivity index (χ0v) is 6.55. The Morgan fingerprint density at radius 1 is 1.23 bits per heavy atom. The first-order valence-corrected chi connectivity index (χ1v) is 3.53. The SMILES string of the molecule is N[C@@H](c1ccccc1O)C(F)(F)F. The molecule has 1 rings (SSSR count). The molecule has 72 valence electrons. The van der Waals surface area contributed by atoms with Crippen LogP contribution in [-0.2, 0) is 0 Å². The monoisotopic (exact) mass is 191 g/mol. The quantitative estimate of drug-likeness (QED) is 0.712. The Bertz CT molecular complexity index is 298. The van der Waals surface area contributed by atoms with Gasteiger partial charge in [0.25, 0.3) is 0 Å². The smallest absolute Gasteiger partial charge is 0.407 e. The van der Waals surface area contributed by atoms with E-state index in [4.69, 9.17) is 10.8 Å². The minimum absolute atomic E-state index is 0.310. The summed E-state index contributed by atoms with van der Waals surface area (Å²) >= 11 is 0. The Balaban J connectivity index is 3.02. The minimum Gasteiger partial charge on any atom is -0.508 e. The summed E-state index contributed by atoms with van der Waals surface area (Å²) in [5, 5.41) is 9.06. The van der Waals surface area contributed by atoms with Crippen molar-refractivity contribution in [3.8, 4) is 5.75 Å². The average molecular weight is 191 g/mol. The van der Waals surface area contributed by atoms with Crippen molar-refractivity contribution in [1.29, 1.82) is 0 Å². The van der Waals surface area contributed by atoms with Crippen LogP contribution in [-0.4, -0.2) is 11.3 Å². The van der Waals surface area contributed by atoms with Gasteiger partial charge in [-0.15, -0.1) is 0 Å². The molecule has 0 saturated carbocycles. The van der Waals surface area contributed by atoms with Crippen molar-refractivity contribution >= 4 is 0 Å². The molecule has 1 aromatic carbocycles. The van der Waals surface area contributed by atoms with Crippen molar-refractivity contribution in [3.63, 3.8) is 0 Å². The summed E-state index contributed by atoms with van der Waals surface area (Å²) in [6, 6.07) is 3.01. The fraction of sp³-hybridized carbons (Fsp3) is 0.250. The van der Waals surface area contributed by atoms with E-state index in [1.807, 2.05) is 0 Å². The molecule has 0 saturated heterocycles. The van der Waals surface area contributed by atoms with Gasteiger partial charge in [-0.1, -0.05) is 18.2 Å². The predicted molar refractivity (Wildman–Crippen MR) is 41.1 cm³/mol. The number of hydrogen-bond acceptors (Lipinski definition) is 2. The Morgan fingerprint density at radius 3 is 2.23 bits per heavy atom. The molecule has 13 heavy (non-hydrogen) atoms. The number of phenols is 1. The third-order valence-electron chi connectivity index (χ3n) is 1.62. The molecule has 0 spiro atoms. The first kappa shape index (κ1) is 9.85. The third kappa shape index (κ3) is 2.12. The number of nitrogens with two attached hydrogens (primary N) is 1. The van der Waals surface area contributed by atoms with Crippen molar-refractivity contribution in [2.45, 2.75) is 12.2 Å². The first-order chi connectivity index (χ1) is 5.93. The van der Waals surface area contributed by atoms with Gasteiger partial charge in [-0.25, -0.2) is 0 Å². The lowest BCUT2D eigenvalue weighted by Crippen LogP contribution is -2.28. The van der Waals surface area contributed by atoms with Crippen molar-refractivity contribution in [3.05, 3.63) is 29.8 Å². The minimum atomic E-state index is -4.53. The van der Waals surface area contributed by atoms with Crippen LogP contribution in [0.2, 0.25) is 0 Å². The second-order valence-electron chi connectivity index (χ2n) is 2.58. The molecule has 0 aliphatic heterocycles. The highest BCUT2D eigenvalue weighted by Crippen LogP contribution is 2.34. The summed E-state index contributed by atoms with van der Waals surface area (Å²) in [5.41, 5.74) is 4.58. The van der Waals surface area contributed by atoms with E-state index < -0.39 is 18.0 Å². The second kappa shape index (κ2) is 3.26. The van der Waals surface area contributed by atoms with E-state index in [1.165, 1.54) is 18.2 Å². The van der Waals surface area contributed by atoms with Gasteiger partial charge >= 0.3 is 6.18 Å². The molecular formula is C8H8F3NO. The largest absolute Gasteiger partial charge is 0.508 e.